The normalized spacial score (nSPS) is 19.8. The Balaban J connectivity index is 1.45. The number of nitriles is 1. The summed E-state index contributed by atoms with van der Waals surface area (Å²) >= 11 is 0. The van der Waals surface area contributed by atoms with Gasteiger partial charge < -0.3 is 9.16 Å². The topological polar surface area (TPSA) is 75.5 Å². The maximum atomic E-state index is 15.0. The standard InChI is InChI=1S/C25H30FN3O3Si/c1-24(2,3)33(4,5)31-15-19-14-29(23(30)32-19)18-7-8-20(21(26)12-18)17-6-9-22(28-13-17)25(16-27)10-11-25/h6-9,12-13,19H,10-11,14-15H2,1-5H3. The number of halogens is 1. The summed E-state index contributed by atoms with van der Waals surface area (Å²) in [7, 11) is -1.96. The zero-order valence-corrected chi connectivity index (χ0v) is 20.8. The van der Waals surface area contributed by atoms with Gasteiger partial charge >= 0.3 is 6.09 Å². The van der Waals surface area contributed by atoms with Gasteiger partial charge in [0.05, 0.1) is 36.0 Å². The quantitative estimate of drug-likeness (QED) is 0.503. The number of benzene rings is 1. The SMILES string of the molecule is CC(C)(C)[Si](C)(C)OCC1CN(c2ccc(-c3ccc(C4(C#N)CC4)nc3)c(F)c2)C(=O)O1. The van der Waals surface area contributed by atoms with E-state index in [9.17, 15) is 14.4 Å². The van der Waals surface area contributed by atoms with Crippen molar-refractivity contribution >= 4 is 20.1 Å². The number of cyclic esters (lactones) is 1. The largest absolute Gasteiger partial charge is 0.442 e. The Morgan fingerprint density at radius 3 is 2.58 bits per heavy atom. The molecular weight excluding hydrogens is 437 g/mol. The van der Waals surface area contributed by atoms with Gasteiger partial charge in [-0.2, -0.15) is 5.26 Å². The summed E-state index contributed by atoms with van der Waals surface area (Å²) < 4.78 is 26.7. The van der Waals surface area contributed by atoms with Crippen molar-refractivity contribution in [2.24, 2.45) is 0 Å². The van der Waals surface area contributed by atoms with Crippen LogP contribution in [-0.4, -0.2) is 38.7 Å². The van der Waals surface area contributed by atoms with Crippen LogP contribution in [0.2, 0.25) is 18.1 Å². The van der Waals surface area contributed by atoms with E-state index < -0.39 is 25.6 Å². The molecule has 1 aromatic carbocycles. The molecule has 1 unspecified atom stereocenters. The van der Waals surface area contributed by atoms with Crippen molar-refractivity contribution in [1.82, 2.24) is 4.98 Å². The molecule has 1 aliphatic carbocycles. The Bertz CT molecular complexity index is 1100. The molecule has 1 saturated carbocycles. The van der Waals surface area contributed by atoms with Gasteiger partial charge in [0.25, 0.3) is 0 Å². The summed E-state index contributed by atoms with van der Waals surface area (Å²) in [5.74, 6) is -0.447. The van der Waals surface area contributed by atoms with Crippen LogP contribution < -0.4 is 4.90 Å². The zero-order valence-electron chi connectivity index (χ0n) is 19.8. The number of hydrogen-bond donors (Lipinski definition) is 0. The third kappa shape index (κ3) is 4.52. The molecule has 0 radical (unpaired) electrons. The smallest absolute Gasteiger partial charge is 0.414 e. The fourth-order valence-corrected chi connectivity index (χ4v) is 4.67. The van der Waals surface area contributed by atoms with Gasteiger partial charge in [0, 0.05) is 17.3 Å². The molecule has 1 saturated heterocycles. The van der Waals surface area contributed by atoms with E-state index in [4.69, 9.17) is 9.16 Å². The molecule has 6 nitrogen and oxygen atoms in total. The number of ether oxygens (including phenoxy) is 1. The van der Waals surface area contributed by atoms with E-state index in [0.29, 0.717) is 30.0 Å². The second-order valence-corrected chi connectivity index (χ2v) is 15.3. The highest BCUT2D eigenvalue weighted by Crippen LogP contribution is 2.46. The number of anilines is 1. The lowest BCUT2D eigenvalue weighted by Gasteiger charge is -2.36. The van der Waals surface area contributed by atoms with E-state index in [1.165, 1.54) is 11.0 Å². The van der Waals surface area contributed by atoms with Gasteiger partial charge in [-0.15, -0.1) is 0 Å². The van der Waals surface area contributed by atoms with Crippen molar-refractivity contribution in [3.05, 3.63) is 48.0 Å². The van der Waals surface area contributed by atoms with Gasteiger partial charge in [-0.05, 0) is 55.2 Å². The van der Waals surface area contributed by atoms with Gasteiger partial charge in [0.1, 0.15) is 11.9 Å². The third-order valence-electron chi connectivity index (χ3n) is 7.10. The molecule has 2 aromatic rings. The fraction of sp³-hybridized carbons (Fsp3) is 0.480. The van der Waals surface area contributed by atoms with Crippen LogP contribution in [0.4, 0.5) is 14.9 Å². The van der Waals surface area contributed by atoms with Gasteiger partial charge in [-0.25, -0.2) is 9.18 Å². The molecule has 1 amide bonds. The summed E-state index contributed by atoms with van der Waals surface area (Å²) in [5, 5.41) is 9.39. The van der Waals surface area contributed by atoms with Crippen LogP contribution >= 0.6 is 0 Å². The van der Waals surface area contributed by atoms with Crippen molar-refractivity contribution in [2.45, 2.75) is 63.3 Å². The maximum absolute atomic E-state index is 15.0. The summed E-state index contributed by atoms with van der Waals surface area (Å²) in [5.41, 5.74) is 1.73. The van der Waals surface area contributed by atoms with Gasteiger partial charge in [0.2, 0.25) is 0 Å². The molecule has 2 heterocycles. The third-order valence-corrected chi connectivity index (χ3v) is 11.6. The van der Waals surface area contributed by atoms with Crippen LogP contribution in [0.5, 0.6) is 0 Å². The Hall–Kier alpha value is -2.76. The molecule has 1 atom stereocenters. The second-order valence-electron chi connectivity index (χ2n) is 10.5. The molecule has 8 heteroatoms. The molecular formula is C25H30FN3O3Si. The summed E-state index contributed by atoms with van der Waals surface area (Å²) in [6.07, 6.45) is 2.34. The zero-order chi connectivity index (χ0) is 24.0. The van der Waals surface area contributed by atoms with E-state index in [2.05, 4.69) is 44.9 Å². The first kappa shape index (κ1) is 23.4. The van der Waals surface area contributed by atoms with Crippen LogP contribution in [-0.2, 0) is 14.6 Å². The molecule has 0 bridgehead atoms. The van der Waals surface area contributed by atoms with E-state index in [1.807, 2.05) is 0 Å². The van der Waals surface area contributed by atoms with Crippen molar-refractivity contribution in [1.29, 1.82) is 5.26 Å². The number of carbonyl (C=O) groups is 1. The number of aromatic nitrogens is 1. The average Bonchev–Trinajstić information content (AvgIpc) is 3.47. The van der Waals surface area contributed by atoms with Crippen LogP contribution in [0.1, 0.15) is 39.3 Å². The first-order valence-electron chi connectivity index (χ1n) is 11.3. The summed E-state index contributed by atoms with van der Waals surface area (Å²) in [6, 6.07) is 10.6. The molecule has 2 fully saturated rings. The molecule has 1 aliphatic heterocycles. The predicted octanol–water partition coefficient (Wildman–Crippen LogP) is 5.79. The highest BCUT2D eigenvalue weighted by atomic mass is 28.4. The minimum absolute atomic E-state index is 0.0646. The number of pyridine rings is 1. The molecule has 2 aliphatic rings. The molecule has 174 valence electrons. The molecule has 0 spiro atoms. The number of amides is 1. The number of hydrogen-bond acceptors (Lipinski definition) is 5. The van der Waals surface area contributed by atoms with Gasteiger partial charge in [-0.3, -0.25) is 9.88 Å². The van der Waals surface area contributed by atoms with Crippen molar-refractivity contribution in [3.63, 3.8) is 0 Å². The maximum Gasteiger partial charge on any atom is 0.414 e. The van der Waals surface area contributed by atoms with Crippen molar-refractivity contribution < 1.29 is 18.3 Å². The fourth-order valence-electron chi connectivity index (χ4n) is 3.63. The van der Waals surface area contributed by atoms with Crippen LogP contribution in [0, 0.1) is 17.1 Å². The first-order chi connectivity index (χ1) is 15.5. The lowest BCUT2D eigenvalue weighted by molar-refractivity contribution is 0.0997. The van der Waals surface area contributed by atoms with Crippen molar-refractivity contribution in [2.75, 3.05) is 18.1 Å². The van der Waals surface area contributed by atoms with Crippen molar-refractivity contribution in [3.8, 4) is 17.2 Å². The highest BCUT2D eigenvalue weighted by Gasteiger charge is 2.46. The number of nitrogens with zero attached hydrogens (tertiary/aromatic N) is 3. The minimum Gasteiger partial charge on any atom is -0.442 e. The van der Waals surface area contributed by atoms with Crippen LogP contribution in [0.25, 0.3) is 11.1 Å². The highest BCUT2D eigenvalue weighted by molar-refractivity contribution is 6.74. The Kier molecular flexibility index (Phi) is 5.83. The summed E-state index contributed by atoms with van der Waals surface area (Å²) in [4.78, 5) is 18.3. The Labute approximate surface area is 195 Å². The lowest BCUT2D eigenvalue weighted by Crippen LogP contribution is -2.43. The Morgan fingerprint density at radius 1 is 1.30 bits per heavy atom. The second kappa shape index (κ2) is 8.23. The molecule has 33 heavy (non-hydrogen) atoms. The number of carbonyl (C=O) groups excluding carboxylic acids is 1. The van der Waals surface area contributed by atoms with E-state index in [-0.39, 0.29) is 11.1 Å². The molecule has 1 aromatic heterocycles. The Morgan fingerprint density at radius 2 is 2.03 bits per heavy atom. The average molecular weight is 468 g/mol. The van der Waals surface area contributed by atoms with E-state index in [1.54, 1.807) is 30.5 Å². The number of rotatable bonds is 6. The predicted molar refractivity (Wildman–Crippen MR) is 127 cm³/mol. The van der Waals surface area contributed by atoms with E-state index in [0.717, 1.165) is 18.5 Å². The van der Waals surface area contributed by atoms with Crippen LogP contribution in [0.3, 0.4) is 0 Å². The van der Waals surface area contributed by atoms with Gasteiger partial charge in [-0.1, -0.05) is 26.8 Å². The monoisotopic (exact) mass is 467 g/mol. The first-order valence-corrected chi connectivity index (χ1v) is 14.2. The summed E-state index contributed by atoms with van der Waals surface area (Å²) in [6.45, 7) is 11.4. The molecule has 0 N–H and O–H groups in total. The van der Waals surface area contributed by atoms with E-state index >= 15 is 0 Å². The molecule has 4 rings (SSSR count). The minimum atomic E-state index is -1.96. The lowest BCUT2D eigenvalue weighted by atomic mass is 10.0. The van der Waals surface area contributed by atoms with Gasteiger partial charge in [0.15, 0.2) is 8.32 Å². The van der Waals surface area contributed by atoms with Crippen LogP contribution in [0.15, 0.2) is 36.5 Å².